The molecule has 0 radical (unpaired) electrons. The summed E-state index contributed by atoms with van der Waals surface area (Å²) in [5, 5.41) is 5.44. The topological polar surface area (TPSA) is 67.4 Å². The number of hydrogen-bond acceptors (Lipinski definition) is 3. The monoisotopic (exact) mass is 340 g/mol. The normalized spacial score (nSPS) is 10.2. The van der Waals surface area contributed by atoms with Crippen molar-refractivity contribution in [1.82, 2.24) is 10.6 Å². The maximum absolute atomic E-state index is 11.9. The minimum atomic E-state index is -0.252. The molecule has 0 heterocycles. The molecule has 25 heavy (non-hydrogen) atoms. The van der Waals surface area contributed by atoms with E-state index in [4.69, 9.17) is 4.74 Å². The van der Waals surface area contributed by atoms with Gasteiger partial charge in [-0.15, -0.1) is 0 Å². The largest absolute Gasteiger partial charge is 0.496 e. The Hall–Kier alpha value is -2.82. The van der Waals surface area contributed by atoms with Gasteiger partial charge >= 0.3 is 0 Å². The molecule has 0 saturated heterocycles. The van der Waals surface area contributed by atoms with E-state index >= 15 is 0 Å². The molecule has 2 N–H and O–H groups in total. The van der Waals surface area contributed by atoms with Crippen LogP contribution in [-0.4, -0.2) is 32.0 Å². The van der Waals surface area contributed by atoms with Crippen molar-refractivity contribution in [3.63, 3.8) is 0 Å². The van der Waals surface area contributed by atoms with E-state index in [-0.39, 0.29) is 18.4 Å². The predicted octanol–water partition coefficient (Wildman–Crippen LogP) is 2.40. The van der Waals surface area contributed by atoms with Gasteiger partial charge in [-0.3, -0.25) is 9.59 Å². The highest BCUT2D eigenvalue weighted by atomic mass is 16.5. The number of benzene rings is 2. The molecular weight excluding hydrogens is 316 g/mol. The van der Waals surface area contributed by atoms with Gasteiger partial charge in [0.1, 0.15) is 5.75 Å². The van der Waals surface area contributed by atoms with Gasteiger partial charge in [0.15, 0.2) is 0 Å². The predicted molar refractivity (Wildman–Crippen MR) is 98.0 cm³/mol. The maximum atomic E-state index is 11.9. The molecule has 2 aromatic rings. The summed E-state index contributed by atoms with van der Waals surface area (Å²) in [5.41, 5.74) is 3.92. The van der Waals surface area contributed by atoms with Gasteiger partial charge in [0, 0.05) is 12.1 Å². The molecule has 0 saturated carbocycles. The Balaban J connectivity index is 1.77. The summed E-state index contributed by atoms with van der Waals surface area (Å²) in [7, 11) is 1.66. The van der Waals surface area contributed by atoms with E-state index in [1.54, 1.807) is 31.4 Å². The Morgan fingerprint density at radius 1 is 1.00 bits per heavy atom. The first-order chi connectivity index (χ1) is 12.0. The Morgan fingerprint density at radius 2 is 1.72 bits per heavy atom. The summed E-state index contributed by atoms with van der Waals surface area (Å²) < 4.78 is 5.30. The number of amides is 2. The smallest absolute Gasteiger partial charge is 0.251 e. The van der Waals surface area contributed by atoms with Crippen LogP contribution in [0.3, 0.4) is 0 Å². The Bertz CT molecular complexity index is 742. The molecule has 132 valence electrons. The van der Waals surface area contributed by atoms with E-state index in [0.29, 0.717) is 12.1 Å². The number of hydrogen-bond donors (Lipinski definition) is 2. The van der Waals surface area contributed by atoms with Crippen molar-refractivity contribution >= 4 is 11.8 Å². The van der Waals surface area contributed by atoms with Gasteiger partial charge in [-0.1, -0.05) is 24.3 Å². The van der Waals surface area contributed by atoms with Crippen LogP contribution >= 0.6 is 0 Å². The number of ether oxygens (including phenoxy) is 1. The molecule has 0 unspecified atom stereocenters. The lowest BCUT2D eigenvalue weighted by Crippen LogP contribution is -2.37. The molecule has 0 aliphatic rings. The van der Waals surface area contributed by atoms with Crippen molar-refractivity contribution in [2.75, 3.05) is 20.2 Å². The molecule has 0 fully saturated rings. The molecule has 5 heteroatoms. The molecular formula is C20H24N2O3. The average molecular weight is 340 g/mol. The summed E-state index contributed by atoms with van der Waals surface area (Å²) >= 11 is 0. The summed E-state index contributed by atoms with van der Waals surface area (Å²) in [6.07, 6.45) is 0.731. The van der Waals surface area contributed by atoms with Crippen LogP contribution in [0.5, 0.6) is 5.75 Å². The van der Waals surface area contributed by atoms with Gasteiger partial charge in [0.25, 0.3) is 5.91 Å². The van der Waals surface area contributed by atoms with Gasteiger partial charge in [0.05, 0.1) is 13.7 Å². The Morgan fingerprint density at radius 3 is 2.40 bits per heavy atom. The lowest BCUT2D eigenvalue weighted by molar-refractivity contribution is -0.120. The fourth-order valence-electron chi connectivity index (χ4n) is 2.59. The molecule has 0 atom stereocenters. The van der Waals surface area contributed by atoms with Crippen molar-refractivity contribution in [3.8, 4) is 5.75 Å². The van der Waals surface area contributed by atoms with E-state index in [0.717, 1.165) is 23.3 Å². The fraction of sp³-hybridized carbons (Fsp3) is 0.300. The molecule has 0 aliphatic heterocycles. The molecule has 2 rings (SSSR count). The van der Waals surface area contributed by atoms with E-state index in [1.807, 2.05) is 26.0 Å². The average Bonchev–Trinajstić information content (AvgIpc) is 2.63. The second-order valence-electron chi connectivity index (χ2n) is 5.90. The summed E-state index contributed by atoms with van der Waals surface area (Å²) in [6, 6.07) is 12.9. The second kappa shape index (κ2) is 8.87. The third-order valence-corrected chi connectivity index (χ3v) is 4.02. The van der Waals surface area contributed by atoms with Crippen molar-refractivity contribution < 1.29 is 14.3 Å². The van der Waals surface area contributed by atoms with E-state index in [1.165, 1.54) is 5.56 Å². The molecule has 0 aromatic heterocycles. The van der Waals surface area contributed by atoms with Crippen molar-refractivity contribution in [3.05, 3.63) is 64.7 Å². The van der Waals surface area contributed by atoms with E-state index in [2.05, 4.69) is 16.7 Å². The van der Waals surface area contributed by atoms with Crippen LogP contribution in [0.1, 0.15) is 27.0 Å². The molecule has 2 aromatic carbocycles. The minimum absolute atomic E-state index is 0.0334. The zero-order chi connectivity index (χ0) is 18.2. The number of nitrogens with one attached hydrogen (secondary N) is 2. The van der Waals surface area contributed by atoms with Crippen LogP contribution in [0.25, 0.3) is 0 Å². The second-order valence-corrected chi connectivity index (χ2v) is 5.90. The summed E-state index contributed by atoms with van der Waals surface area (Å²) in [5.74, 6) is 0.415. The SMILES string of the molecule is COc1cc(C)c(CCNC(=O)CNC(=O)c2ccccc2)cc1C. The molecule has 0 aliphatic carbocycles. The van der Waals surface area contributed by atoms with Gasteiger partial charge < -0.3 is 15.4 Å². The zero-order valence-electron chi connectivity index (χ0n) is 14.9. The van der Waals surface area contributed by atoms with Crippen molar-refractivity contribution in [2.24, 2.45) is 0 Å². The highest BCUT2D eigenvalue weighted by Crippen LogP contribution is 2.22. The third-order valence-electron chi connectivity index (χ3n) is 4.02. The Kier molecular flexibility index (Phi) is 6.57. The molecule has 5 nitrogen and oxygen atoms in total. The van der Waals surface area contributed by atoms with E-state index in [9.17, 15) is 9.59 Å². The van der Waals surface area contributed by atoms with Crippen LogP contribution in [0.2, 0.25) is 0 Å². The van der Waals surface area contributed by atoms with Gasteiger partial charge in [-0.05, 0) is 55.2 Å². The lowest BCUT2D eigenvalue weighted by atomic mass is 10.0. The number of carbonyl (C=O) groups excluding carboxylic acids is 2. The highest BCUT2D eigenvalue weighted by Gasteiger charge is 2.08. The van der Waals surface area contributed by atoms with E-state index < -0.39 is 0 Å². The first kappa shape index (κ1) is 18.5. The quantitative estimate of drug-likeness (QED) is 0.813. The van der Waals surface area contributed by atoms with Gasteiger partial charge in [-0.25, -0.2) is 0 Å². The van der Waals surface area contributed by atoms with Crippen LogP contribution in [0.15, 0.2) is 42.5 Å². The van der Waals surface area contributed by atoms with Gasteiger partial charge in [0.2, 0.25) is 5.91 Å². The van der Waals surface area contributed by atoms with Crippen LogP contribution in [-0.2, 0) is 11.2 Å². The lowest BCUT2D eigenvalue weighted by Gasteiger charge is -2.12. The van der Waals surface area contributed by atoms with Crippen LogP contribution in [0, 0.1) is 13.8 Å². The summed E-state index contributed by atoms with van der Waals surface area (Å²) in [6.45, 7) is 4.51. The zero-order valence-corrected chi connectivity index (χ0v) is 14.9. The number of aryl methyl sites for hydroxylation is 2. The third kappa shape index (κ3) is 5.35. The van der Waals surface area contributed by atoms with Crippen molar-refractivity contribution in [2.45, 2.75) is 20.3 Å². The standard InChI is InChI=1S/C20H24N2O3/c1-14-12-18(25-3)15(2)11-17(14)9-10-21-19(23)13-22-20(24)16-7-5-4-6-8-16/h4-8,11-12H,9-10,13H2,1-3H3,(H,21,23)(H,22,24). The fourth-order valence-corrected chi connectivity index (χ4v) is 2.59. The molecule has 2 amide bonds. The number of methoxy groups -OCH3 is 1. The maximum Gasteiger partial charge on any atom is 0.251 e. The van der Waals surface area contributed by atoms with Crippen molar-refractivity contribution in [1.29, 1.82) is 0 Å². The molecule has 0 spiro atoms. The first-order valence-corrected chi connectivity index (χ1v) is 8.25. The van der Waals surface area contributed by atoms with Crippen LogP contribution in [0.4, 0.5) is 0 Å². The number of rotatable bonds is 7. The molecule has 0 bridgehead atoms. The van der Waals surface area contributed by atoms with Crippen LogP contribution < -0.4 is 15.4 Å². The Labute approximate surface area is 148 Å². The van der Waals surface area contributed by atoms with Gasteiger partial charge in [-0.2, -0.15) is 0 Å². The highest BCUT2D eigenvalue weighted by molar-refractivity contribution is 5.96. The summed E-state index contributed by atoms with van der Waals surface area (Å²) in [4.78, 5) is 23.8. The first-order valence-electron chi connectivity index (χ1n) is 8.25. The minimum Gasteiger partial charge on any atom is -0.496 e. The number of carbonyl (C=O) groups is 2.